The van der Waals surface area contributed by atoms with Gasteiger partial charge in [-0.25, -0.2) is 0 Å². The van der Waals surface area contributed by atoms with Gasteiger partial charge in [-0.15, -0.1) is 0 Å². The van der Waals surface area contributed by atoms with Crippen molar-refractivity contribution in [3.63, 3.8) is 0 Å². The van der Waals surface area contributed by atoms with Crippen molar-refractivity contribution < 1.29 is 0 Å². The van der Waals surface area contributed by atoms with E-state index in [-0.39, 0.29) is 12.1 Å². The van der Waals surface area contributed by atoms with Gasteiger partial charge in [-0.1, -0.05) is 59.7 Å². The lowest BCUT2D eigenvalue weighted by Crippen LogP contribution is -2.25. The highest BCUT2D eigenvalue weighted by Gasteiger charge is 2.17. The fourth-order valence-corrected chi connectivity index (χ4v) is 3.19. The van der Waals surface area contributed by atoms with Crippen LogP contribution in [-0.4, -0.2) is 4.98 Å². The van der Waals surface area contributed by atoms with Crippen LogP contribution in [0, 0.1) is 13.8 Å². The maximum absolute atomic E-state index is 4.15. The Bertz CT molecular complexity index is 722. The number of aryl methyl sites for hydroxylation is 2. The third-order valence-electron chi connectivity index (χ3n) is 4.33. The van der Waals surface area contributed by atoms with Gasteiger partial charge in [0.1, 0.15) is 0 Å². The van der Waals surface area contributed by atoms with E-state index < -0.39 is 0 Å². The molecule has 2 aromatic carbocycles. The summed E-state index contributed by atoms with van der Waals surface area (Å²) in [5, 5.41) is 3.79. The molecule has 2 heteroatoms. The first kappa shape index (κ1) is 16.4. The summed E-state index contributed by atoms with van der Waals surface area (Å²) in [6.07, 6.45) is 3.71. The lowest BCUT2D eigenvalue weighted by molar-refractivity contribution is 0.516. The van der Waals surface area contributed by atoms with Crippen molar-refractivity contribution in [3.05, 3.63) is 101 Å². The minimum absolute atomic E-state index is 0.144. The molecule has 1 aromatic heterocycles. The molecule has 2 nitrogen and oxygen atoms in total. The summed E-state index contributed by atoms with van der Waals surface area (Å²) in [6, 6.07) is 21.9. The number of nitrogens with zero attached hydrogens (tertiary/aromatic N) is 1. The molecule has 0 aliphatic rings. The average molecular weight is 316 g/mol. The summed E-state index contributed by atoms with van der Waals surface area (Å²) in [5.74, 6) is 0. The molecule has 0 aliphatic carbocycles. The van der Waals surface area contributed by atoms with Crippen LogP contribution >= 0.6 is 0 Å². The Morgan fingerprint density at radius 1 is 0.750 bits per heavy atom. The van der Waals surface area contributed by atoms with E-state index in [1.807, 2.05) is 12.4 Å². The van der Waals surface area contributed by atoms with Crippen molar-refractivity contribution in [2.24, 2.45) is 0 Å². The van der Waals surface area contributed by atoms with Crippen molar-refractivity contribution in [3.8, 4) is 0 Å². The Labute approximate surface area is 144 Å². The fourth-order valence-electron chi connectivity index (χ4n) is 3.19. The Balaban J connectivity index is 1.92. The molecule has 1 heterocycles. The van der Waals surface area contributed by atoms with Gasteiger partial charge in [-0.3, -0.25) is 10.3 Å². The lowest BCUT2D eigenvalue weighted by atomic mass is 9.96. The SMILES string of the molecule is Cc1cc(C)cc([C@H](C)N[C@@H](c2ccccc2)c2ccncc2)c1. The number of pyridine rings is 1. The zero-order valence-corrected chi connectivity index (χ0v) is 14.5. The van der Waals surface area contributed by atoms with Crippen molar-refractivity contribution in [1.82, 2.24) is 10.3 Å². The summed E-state index contributed by atoms with van der Waals surface area (Å²) in [5.41, 5.74) is 6.42. The van der Waals surface area contributed by atoms with E-state index in [1.54, 1.807) is 0 Å². The molecule has 3 rings (SSSR count). The van der Waals surface area contributed by atoms with Crippen LogP contribution < -0.4 is 5.32 Å². The average Bonchev–Trinajstić information content (AvgIpc) is 2.60. The summed E-state index contributed by atoms with van der Waals surface area (Å²) >= 11 is 0. The van der Waals surface area contributed by atoms with E-state index >= 15 is 0 Å². The molecule has 1 N–H and O–H groups in total. The van der Waals surface area contributed by atoms with Gasteiger partial charge in [0, 0.05) is 18.4 Å². The van der Waals surface area contributed by atoms with Crippen LogP contribution in [0.3, 0.4) is 0 Å². The van der Waals surface area contributed by atoms with Gasteiger partial charge < -0.3 is 0 Å². The summed E-state index contributed by atoms with van der Waals surface area (Å²) in [7, 11) is 0. The van der Waals surface area contributed by atoms with E-state index in [4.69, 9.17) is 0 Å². The fraction of sp³-hybridized carbons (Fsp3) is 0.227. The second-order valence-electron chi connectivity index (χ2n) is 6.43. The number of nitrogens with one attached hydrogen (secondary N) is 1. The Kier molecular flexibility index (Phi) is 5.07. The van der Waals surface area contributed by atoms with Crippen molar-refractivity contribution in [2.45, 2.75) is 32.9 Å². The topological polar surface area (TPSA) is 24.9 Å². The van der Waals surface area contributed by atoms with Gasteiger partial charge in [-0.2, -0.15) is 0 Å². The zero-order valence-electron chi connectivity index (χ0n) is 14.5. The highest BCUT2D eigenvalue weighted by atomic mass is 14.9. The number of rotatable bonds is 5. The molecule has 0 saturated heterocycles. The predicted molar refractivity (Wildman–Crippen MR) is 100.0 cm³/mol. The molecule has 122 valence electrons. The Hall–Kier alpha value is -2.45. The van der Waals surface area contributed by atoms with Crippen molar-refractivity contribution >= 4 is 0 Å². The van der Waals surface area contributed by atoms with Crippen LogP contribution in [-0.2, 0) is 0 Å². The maximum atomic E-state index is 4.15. The number of hydrogen-bond donors (Lipinski definition) is 1. The number of benzene rings is 2. The van der Waals surface area contributed by atoms with Crippen LogP contribution in [0.15, 0.2) is 73.1 Å². The Morgan fingerprint density at radius 3 is 1.96 bits per heavy atom. The molecule has 0 bridgehead atoms. The molecule has 0 saturated carbocycles. The number of aromatic nitrogens is 1. The smallest absolute Gasteiger partial charge is 0.0582 e. The molecule has 0 radical (unpaired) electrons. The molecule has 0 amide bonds. The van der Waals surface area contributed by atoms with Gasteiger partial charge in [0.15, 0.2) is 0 Å². The van der Waals surface area contributed by atoms with E-state index in [0.29, 0.717) is 0 Å². The van der Waals surface area contributed by atoms with Crippen molar-refractivity contribution in [2.75, 3.05) is 0 Å². The first-order chi connectivity index (χ1) is 11.6. The normalized spacial score (nSPS) is 13.5. The van der Waals surface area contributed by atoms with E-state index in [0.717, 1.165) is 0 Å². The quantitative estimate of drug-likeness (QED) is 0.705. The molecule has 0 unspecified atom stereocenters. The number of hydrogen-bond acceptors (Lipinski definition) is 2. The summed E-state index contributed by atoms with van der Waals surface area (Å²) in [6.45, 7) is 6.53. The second kappa shape index (κ2) is 7.41. The molecule has 3 aromatic rings. The first-order valence-corrected chi connectivity index (χ1v) is 8.42. The third kappa shape index (κ3) is 3.90. The summed E-state index contributed by atoms with van der Waals surface area (Å²) in [4.78, 5) is 4.15. The third-order valence-corrected chi connectivity index (χ3v) is 4.33. The molecular formula is C22H24N2. The largest absolute Gasteiger partial charge is 0.300 e. The van der Waals surface area contributed by atoms with Crippen LogP contribution in [0.2, 0.25) is 0 Å². The van der Waals surface area contributed by atoms with Gasteiger partial charge >= 0.3 is 0 Å². The van der Waals surface area contributed by atoms with Crippen LogP contribution in [0.5, 0.6) is 0 Å². The van der Waals surface area contributed by atoms with Crippen LogP contribution in [0.25, 0.3) is 0 Å². The van der Waals surface area contributed by atoms with Gasteiger partial charge in [-0.05, 0) is 49.6 Å². The van der Waals surface area contributed by atoms with Crippen molar-refractivity contribution in [1.29, 1.82) is 0 Å². The molecule has 0 fully saturated rings. The van der Waals surface area contributed by atoms with E-state index in [2.05, 4.69) is 91.7 Å². The van der Waals surface area contributed by atoms with Crippen LogP contribution in [0.4, 0.5) is 0 Å². The molecular weight excluding hydrogens is 292 g/mol. The monoisotopic (exact) mass is 316 g/mol. The molecule has 2 atom stereocenters. The summed E-state index contributed by atoms with van der Waals surface area (Å²) < 4.78 is 0. The highest BCUT2D eigenvalue weighted by molar-refractivity contribution is 5.33. The van der Waals surface area contributed by atoms with E-state index in [1.165, 1.54) is 27.8 Å². The zero-order chi connectivity index (χ0) is 16.9. The highest BCUT2D eigenvalue weighted by Crippen LogP contribution is 2.26. The Morgan fingerprint density at radius 2 is 1.33 bits per heavy atom. The maximum Gasteiger partial charge on any atom is 0.0582 e. The molecule has 0 spiro atoms. The second-order valence-corrected chi connectivity index (χ2v) is 6.43. The van der Waals surface area contributed by atoms with Crippen LogP contribution in [0.1, 0.15) is 46.8 Å². The van der Waals surface area contributed by atoms with E-state index in [9.17, 15) is 0 Å². The minimum Gasteiger partial charge on any atom is -0.300 e. The molecule has 0 aliphatic heterocycles. The first-order valence-electron chi connectivity index (χ1n) is 8.42. The van der Waals surface area contributed by atoms with Gasteiger partial charge in [0.25, 0.3) is 0 Å². The minimum atomic E-state index is 0.144. The van der Waals surface area contributed by atoms with Gasteiger partial charge in [0.2, 0.25) is 0 Å². The predicted octanol–water partition coefficient (Wildman–Crippen LogP) is 5.14. The lowest BCUT2D eigenvalue weighted by Gasteiger charge is -2.25. The molecule has 24 heavy (non-hydrogen) atoms. The standard InChI is InChI=1S/C22H24N2/c1-16-13-17(2)15-21(14-16)18(3)24-22(19-7-5-4-6-8-19)20-9-11-23-12-10-20/h4-15,18,22,24H,1-3H3/t18-,22-/m0/s1. The van der Waals surface area contributed by atoms with Gasteiger partial charge in [0.05, 0.1) is 6.04 Å².